The Morgan fingerprint density at radius 1 is 1.31 bits per heavy atom. The van der Waals surface area contributed by atoms with Crippen LogP contribution in [-0.2, 0) is 11.2 Å². The molecule has 4 nitrogen and oxygen atoms in total. The molecule has 0 fully saturated rings. The number of carbonyl (C=O) groups excluding carboxylic acids is 1. The van der Waals surface area contributed by atoms with E-state index in [2.05, 4.69) is 5.32 Å². The van der Waals surface area contributed by atoms with E-state index < -0.39 is 5.60 Å². The molecule has 138 valence electrons. The number of methoxy groups -OCH3 is 1. The van der Waals surface area contributed by atoms with Crippen LogP contribution >= 0.6 is 0 Å². The average molecular weight is 357 g/mol. The SMILES string of the molecule is COc1ccc2c(c1)OC(C)(C)CC2NC(=O)CCc1ccccc1F. The van der Waals surface area contributed by atoms with Crippen molar-refractivity contribution in [1.29, 1.82) is 0 Å². The van der Waals surface area contributed by atoms with Gasteiger partial charge in [0.15, 0.2) is 0 Å². The number of carbonyl (C=O) groups is 1. The van der Waals surface area contributed by atoms with Crippen LogP contribution in [0.1, 0.15) is 43.9 Å². The Kier molecular flexibility index (Phi) is 5.16. The Hall–Kier alpha value is -2.56. The minimum atomic E-state index is -0.400. The van der Waals surface area contributed by atoms with Gasteiger partial charge in [0.05, 0.1) is 13.2 Å². The topological polar surface area (TPSA) is 47.6 Å². The van der Waals surface area contributed by atoms with Crippen molar-refractivity contribution in [1.82, 2.24) is 5.32 Å². The number of aryl methyl sites for hydroxylation is 1. The summed E-state index contributed by atoms with van der Waals surface area (Å²) < 4.78 is 25.0. The molecule has 0 radical (unpaired) electrons. The molecule has 2 aromatic rings. The van der Waals surface area contributed by atoms with Gasteiger partial charge in [-0.05, 0) is 44.0 Å². The molecule has 1 aliphatic rings. The lowest BCUT2D eigenvalue weighted by Gasteiger charge is -2.38. The fourth-order valence-corrected chi connectivity index (χ4v) is 3.30. The molecule has 0 aliphatic carbocycles. The molecule has 0 saturated heterocycles. The van der Waals surface area contributed by atoms with Crippen LogP contribution in [-0.4, -0.2) is 18.6 Å². The maximum absolute atomic E-state index is 13.7. The van der Waals surface area contributed by atoms with Crippen LogP contribution in [0.4, 0.5) is 4.39 Å². The number of rotatable bonds is 5. The minimum absolute atomic E-state index is 0.0993. The number of benzene rings is 2. The highest BCUT2D eigenvalue weighted by atomic mass is 19.1. The predicted molar refractivity (Wildman–Crippen MR) is 97.9 cm³/mol. The highest BCUT2D eigenvalue weighted by Gasteiger charge is 2.34. The van der Waals surface area contributed by atoms with Crippen LogP contribution in [0, 0.1) is 5.82 Å². The van der Waals surface area contributed by atoms with E-state index >= 15 is 0 Å². The van der Waals surface area contributed by atoms with Gasteiger partial charge < -0.3 is 14.8 Å². The number of hydrogen-bond acceptors (Lipinski definition) is 3. The maximum Gasteiger partial charge on any atom is 0.220 e. The van der Waals surface area contributed by atoms with Crippen molar-refractivity contribution in [3.05, 3.63) is 59.4 Å². The smallest absolute Gasteiger partial charge is 0.220 e. The number of ether oxygens (including phenoxy) is 2. The normalized spacial score (nSPS) is 17.8. The van der Waals surface area contributed by atoms with E-state index in [1.165, 1.54) is 6.07 Å². The third kappa shape index (κ3) is 4.15. The molecule has 0 spiro atoms. The molecule has 0 saturated carbocycles. The first-order valence-electron chi connectivity index (χ1n) is 8.78. The zero-order chi connectivity index (χ0) is 18.7. The summed E-state index contributed by atoms with van der Waals surface area (Å²) in [7, 11) is 1.61. The molecule has 0 aromatic heterocycles. The zero-order valence-corrected chi connectivity index (χ0v) is 15.3. The van der Waals surface area contributed by atoms with Gasteiger partial charge in [0.1, 0.15) is 22.9 Å². The summed E-state index contributed by atoms with van der Waals surface area (Å²) in [5, 5.41) is 3.08. The number of fused-ring (bicyclic) bond motifs is 1. The van der Waals surface area contributed by atoms with E-state index in [9.17, 15) is 9.18 Å². The van der Waals surface area contributed by atoms with Gasteiger partial charge in [-0.15, -0.1) is 0 Å². The summed E-state index contributed by atoms with van der Waals surface area (Å²) in [4.78, 5) is 12.4. The lowest BCUT2D eigenvalue weighted by atomic mass is 9.89. The van der Waals surface area contributed by atoms with Gasteiger partial charge in [0, 0.05) is 24.5 Å². The van der Waals surface area contributed by atoms with Crippen LogP contribution in [0.25, 0.3) is 0 Å². The molecule has 1 amide bonds. The summed E-state index contributed by atoms with van der Waals surface area (Å²) in [5.74, 6) is 1.06. The predicted octanol–water partition coefficient (Wildman–Crippen LogP) is 4.19. The highest BCUT2D eigenvalue weighted by Crippen LogP contribution is 2.41. The maximum atomic E-state index is 13.7. The molecular formula is C21H24FNO3. The molecule has 1 unspecified atom stereocenters. The van der Waals surface area contributed by atoms with E-state index in [1.807, 2.05) is 32.0 Å². The van der Waals surface area contributed by atoms with E-state index in [-0.39, 0.29) is 24.2 Å². The molecule has 1 heterocycles. The number of halogens is 1. The summed E-state index contributed by atoms with van der Waals surface area (Å²) >= 11 is 0. The fourth-order valence-electron chi connectivity index (χ4n) is 3.30. The van der Waals surface area contributed by atoms with Crippen LogP contribution < -0.4 is 14.8 Å². The van der Waals surface area contributed by atoms with Crippen LogP contribution in [0.5, 0.6) is 11.5 Å². The Labute approximate surface area is 153 Å². The lowest BCUT2D eigenvalue weighted by Crippen LogP contribution is -2.41. The van der Waals surface area contributed by atoms with Gasteiger partial charge in [-0.2, -0.15) is 0 Å². The van der Waals surface area contributed by atoms with Crippen molar-refractivity contribution >= 4 is 5.91 Å². The Morgan fingerprint density at radius 2 is 2.08 bits per heavy atom. The fraction of sp³-hybridized carbons (Fsp3) is 0.381. The van der Waals surface area contributed by atoms with Crippen molar-refractivity contribution in [2.45, 2.75) is 44.8 Å². The summed E-state index contributed by atoms with van der Waals surface area (Å²) in [5.41, 5.74) is 1.09. The molecule has 1 aliphatic heterocycles. The van der Waals surface area contributed by atoms with Crippen molar-refractivity contribution in [2.24, 2.45) is 0 Å². The van der Waals surface area contributed by atoms with Crippen LogP contribution in [0.3, 0.4) is 0 Å². The van der Waals surface area contributed by atoms with E-state index in [0.717, 1.165) is 11.3 Å². The first kappa shape index (κ1) is 18.2. The molecule has 3 rings (SSSR count). The van der Waals surface area contributed by atoms with E-state index in [0.29, 0.717) is 24.2 Å². The van der Waals surface area contributed by atoms with Gasteiger partial charge in [0.25, 0.3) is 0 Å². The summed E-state index contributed by atoms with van der Waals surface area (Å²) in [6.07, 6.45) is 1.28. The molecule has 1 N–H and O–H groups in total. The molecule has 5 heteroatoms. The third-order valence-corrected chi connectivity index (χ3v) is 4.59. The Bertz CT molecular complexity index is 804. The second-order valence-corrected chi connectivity index (χ2v) is 7.18. The van der Waals surface area contributed by atoms with Crippen molar-refractivity contribution in [2.75, 3.05) is 7.11 Å². The quantitative estimate of drug-likeness (QED) is 0.873. The molecule has 26 heavy (non-hydrogen) atoms. The first-order valence-corrected chi connectivity index (χ1v) is 8.78. The Balaban J connectivity index is 1.71. The largest absolute Gasteiger partial charge is 0.497 e. The van der Waals surface area contributed by atoms with Crippen molar-refractivity contribution in [3.8, 4) is 11.5 Å². The van der Waals surface area contributed by atoms with Gasteiger partial charge >= 0.3 is 0 Å². The second-order valence-electron chi connectivity index (χ2n) is 7.18. The number of hydrogen-bond donors (Lipinski definition) is 1. The van der Waals surface area contributed by atoms with Gasteiger partial charge in [-0.25, -0.2) is 4.39 Å². The minimum Gasteiger partial charge on any atom is -0.497 e. The van der Waals surface area contributed by atoms with Gasteiger partial charge in [-0.3, -0.25) is 4.79 Å². The van der Waals surface area contributed by atoms with E-state index in [4.69, 9.17) is 9.47 Å². The first-order chi connectivity index (χ1) is 12.4. The molecular weight excluding hydrogens is 333 g/mol. The van der Waals surface area contributed by atoms with Crippen LogP contribution in [0.2, 0.25) is 0 Å². The monoisotopic (exact) mass is 357 g/mol. The summed E-state index contributed by atoms with van der Waals surface area (Å²) in [6.45, 7) is 3.99. The zero-order valence-electron chi connectivity index (χ0n) is 15.3. The van der Waals surface area contributed by atoms with E-state index in [1.54, 1.807) is 25.3 Å². The highest BCUT2D eigenvalue weighted by molar-refractivity contribution is 5.77. The van der Waals surface area contributed by atoms with Gasteiger partial charge in [-0.1, -0.05) is 18.2 Å². The third-order valence-electron chi connectivity index (χ3n) is 4.59. The number of amides is 1. The molecule has 0 bridgehead atoms. The Morgan fingerprint density at radius 3 is 2.81 bits per heavy atom. The summed E-state index contributed by atoms with van der Waals surface area (Å²) in [6, 6.07) is 12.0. The molecule has 1 atom stereocenters. The lowest BCUT2D eigenvalue weighted by molar-refractivity contribution is -0.122. The van der Waals surface area contributed by atoms with Crippen LogP contribution in [0.15, 0.2) is 42.5 Å². The number of nitrogens with one attached hydrogen (secondary N) is 1. The van der Waals surface area contributed by atoms with Crippen molar-refractivity contribution < 1.29 is 18.7 Å². The molecule has 2 aromatic carbocycles. The average Bonchev–Trinajstić information content (AvgIpc) is 2.59. The standard InChI is InChI=1S/C21H24FNO3/c1-21(2)13-18(16-10-9-15(25-3)12-19(16)26-21)23-20(24)11-8-14-6-4-5-7-17(14)22/h4-7,9-10,12,18H,8,11,13H2,1-3H3,(H,23,24). The van der Waals surface area contributed by atoms with Gasteiger partial charge in [0.2, 0.25) is 5.91 Å². The second kappa shape index (κ2) is 7.36. The van der Waals surface area contributed by atoms with Crippen molar-refractivity contribution in [3.63, 3.8) is 0 Å².